The highest BCUT2D eigenvalue weighted by molar-refractivity contribution is 6.02. The Hall–Kier alpha value is -2.12. The maximum atomic E-state index is 12.7. The van der Waals surface area contributed by atoms with Crippen LogP contribution >= 0.6 is 0 Å². The number of anilines is 2. The Bertz CT molecular complexity index is 694. The van der Waals surface area contributed by atoms with Crippen molar-refractivity contribution >= 4 is 23.4 Å². The molecule has 1 heterocycles. The van der Waals surface area contributed by atoms with Crippen LogP contribution in [0, 0.1) is 0 Å². The molecule has 1 aliphatic rings. The van der Waals surface area contributed by atoms with Crippen LogP contribution in [0.3, 0.4) is 0 Å². The van der Waals surface area contributed by atoms with Crippen LogP contribution in [0.2, 0.25) is 0 Å². The van der Waals surface area contributed by atoms with Crippen molar-refractivity contribution < 1.29 is 14.3 Å². The molecule has 1 aromatic carbocycles. The summed E-state index contributed by atoms with van der Waals surface area (Å²) in [4.78, 5) is 28.2. The van der Waals surface area contributed by atoms with E-state index in [4.69, 9.17) is 16.2 Å². The lowest BCUT2D eigenvalue weighted by molar-refractivity contribution is -0.117. The zero-order chi connectivity index (χ0) is 20.5. The maximum absolute atomic E-state index is 12.7. The number of nitrogens with zero attached hydrogens (tertiary/aromatic N) is 2. The lowest BCUT2D eigenvalue weighted by Crippen LogP contribution is -2.52. The van der Waals surface area contributed by atoms with E-state index in [-0.39, 0.29) is 36.1 Å². The van der Waals surface area contributed by atoms with Crippen LogP contribution in [0.4, 0.5) is 16.2 Å². The van der Waals surface area contributed by atoms with Gasteiger partial charge in [0.15, 0.2) is 0 Å². The van der Waals surface area contributed by atoms with Crippen molar-refractivity contribution in [2.45, 2.75) is 71.7 Å². The Morgan fingerprint density at radius 3 is 2.19 bits per heavy atom. The van der Waals surface area contributed by atoms with E-state index in [1.54, 1.807) is 9.80 Å². The van der Waals surface area contributed by atoms with Crippen molar-refractivity contribution in [2.75, 3.05) is 16.3 Å². The first kappa shape index (κ1) is 21.2. The molecule has 0 saturated heterocycles. The van der Waals surface area contributed by atoms with Gasteiger partial charge in [0.05, 0.1) is 23.5 Å². The summed E-state index contributed by atoms with van der Waals surface area (Å²) in [5, 5.41) is 0. The minimum absolute atomic E-state index is 0.0655. The monoisotopic (exact) mass is 376 g/mol. The summed E-state index contributed by atoms with van der Waals surface area (Å²) >= 11 is 0. The third-order valence-electron chi connectivity index (χ3n) is 4.85. The summed E-state index contributed by atoms with van der Waals surface area (Å²) in [6.07, 6.45) is -0.650. The normalized spacial score (nSPS) is 20.1. The Morgan fingerprint density at radius 1 is 1.11 bits per heavy atom. The summed E-state index contributed by atoms with van der Waals surface area (Å²) < 4.78 is 5.42. The van der Waals surface area contributed by atoms with Gasteiger partial charge in [-0.25, -0.2) is 4.79 Å². The number of benzene rings is 1. The third-order valence-corrected chi connectivity index (χ3v) is 4.85. The fourth-order valence-corrected chi connectivity index (χ4v) is 3.85. The molecule has 0 aromatic heterocycles. The molecular formula is C20H32N4O3. The van der Waals surface area contributed by atoms with Crippen molar-refractivity contribution in [2.24, 2.45) is 11.5 Å². The summed E-state index contributed by atoms with van der Waals surface area (Å²) in [5.74, 6) is -0.132. The number of nitrogens with two attached hydrogens (primary N) is 2. The molecule has 0 radical (unpaired) electrons. The lowest BCUT2D eigenvalue weighted by Gasteiger charge is -2.41. The van der Waals surface area contributed by atoms with Gasteiger partial charge < -0.3 is 21.1 Å². The van der Waals surface area contributed by atoms with Crippen molar-refractivity contribution in [3.05, 3.63) is 23.8 Å². The third kappa shape index (κ3) is 4.42. The smallest absolute Gasteiger partial charge is 0.414 e. The molecular weight excluding hydrogens is 344 g/mol. The molecule has 2 unspecified atom stereocenters. The molecule has 0 saturated carbocycles. The predicted molar refractivity (Wildman–Crippen MR) is 108 cm³/mol. The zero-order valence-electron chi connectivity index (χ0n) is 17.1. The summed E-state index contributed by atoms with van der Waals surface area (Å²) in [5.41, 5.74) is 14.6. The van der Waals surface area contributed by atoms with Crippen LogP contribution in [0.15, 0.2) is 18.2 Å². The molecule has 0 spiro atoms. The number of carbonyl (C=O) groups excluding carboxylic acids is 2. The van der Waals surface area contributed by atoms with Crippen molar-refractivity contribution in [3.63, 3.8) is 0 Å². The second-order valence-corrected chi connectivity index (χ2v) is 7.77. The van der Waals surface area contributed by atoms with Gasteiger partial charge in [-0.05, 0) is 52.3 Å². The van der Waals surface area contributed by atoms with Gasteiger partial charge in [0, 0.05) is 31.5 Å². The number of amides is 2. The van der Waals surface area contributed by atoms with E-state index in [0.717, 1.165) is 5.56 Å². The molecule has 2 amide bonds. The number of fused-ring (bicyclic) bond motifs is 1. The Balaban J connectivity index is 2.58. The highest BCUT2D eigenvalue weighted by Crippen LogP contribution is 2.39. The Kier molecular flexibility index (Phi) is 6.49. The van der Waals surface area contributed by atoms with Gasteiger partial charge in [-0.15, -0.1) is 0 Å². The van der Waals surface area contributed by atoms with E-state index in [9.17, 15) is 9.59 Å². The molecule has 27 heavy (non-hydrogen) atoms. The SMILES string of the molecule is CC(=O)N1c2ccc(C(C(C)N)C(C)N)cc2N(C(=O)OC(C)C)C[C@@H]1C. The van der Waals surface area contributed by atoms with E-state index in [1.165, 1.54) is 6.92 Å². The van der Waals surface area contributed by atoms with E-state index < -0.39 is 6.09 Å². The fourth-order valence-electron chi connectivity index (χ4n) is 3.85. The number of ether oxygens (including phenoxy) is 1. The van der Waals surface area contributed by atoms with Crippen LogP contribution < -0.4 is 21.3 Å². The highest BCUT2D eigenvalue weighted by Gasteiger charge is 2.35. The standard InChI is InChI=1S/C20H32N4O3/c1-11(2)27-20(26)23-10-12(3)24(15(6)25)17-8-7-16(9-18(17)23)19(13(4)21)14(5)22/h7-9,11-14,19H,10,21-22H2,1-6H3/t12-,13?,14?,19?/m0/s1. The average molecular weight is 377 g/mol. The van der Waals surface area contributed by atoms with Gasteiger partial charge >= 0.3 is 6.09 Å². The molecule has 0 bridgehead atoms. The van der Waals surface area contributed by atoms with E-state index in [1.807, 2.05) is 52.8 Å². The number of carbonyl (C=O) groups is 2. The zero-order valence-corrected chi connectivity index (χ0v) is 17.1. The second-order valence-electron chi connectivity index (χ2n) is 7.77. The van der Waals surface area contributed by atoms with E-state index >= 15 is 0 Å². The van der Waals surface area contributed by atoms with Crippen LogP contribution in [-0.4, -0.2) is 42.8 Å². The molecule has 2 rings (SSSR count). The molecule has 0 fully saturated rings. The maximum Gasteiger partial charge on any atom is 0.414 e. The summed E-state index contributed by atoms with van der Waals surface area (Å²) in [7, 11) is 0. The first-order valence-corrected chi connectivity index (χ1v) is 9.47. The van der Waals surface area contributed by atoms with Crippen LogP contribution in [-0.2, 0) is 9.53 Å². The minimum Gasteiger partial charge on any atom is -0.446 e. The van der Waals surface area contributed by atoms with Gasteiger partial charge in [-0.2, -0.15) is 0 Å². The first-order chi connectivity index (χ1) is 12.5. The fraction of sp³-hybridized carbons (Fsp3) is 0.600. The summed E-state index contributed by atoms with van der Waals surface area (Å²) in [6, 6.07) is 5.27. The average Bonchev–Trinajstić information content (AvgIpc) is 2.52. The van der Waals surface area contributed by atoms with Crippen LogP contribution in [0.5, 0.6) is 0 Å². The molecule has 1 aromatic rings. The topological polar surface area (TPSA) is 102 Å². The number of hydrogen-bond donors (Lipinski definition) is 2. The van der Waals surface area contributed by atoms with Crippen molar-refractivity contribution in [3.8, 4) is 0 Å². The molecule has 4 N–H and O–H groups in total. The molecule has 1 aliphatic heterocycles. The van der Waals surface area contributed by atoms with Gasteiger partial charge in [0.1, 0.15) is 0 Å². The van der Waals surface area contributed by atoms with Gasteiger partial charge in [0.2, 0.25) is 5.91 Å². The van der Waals surface area contributed by atoms with Gasteiger partial charge in [-0.3, -0.25) is 9.69 Å². The van der Waals surface area contributed by atoms with Crippen molar-refractivity contribution in [1.29, 1.82) is 0 Å². The molecule has 7 nitrogen and oxygen atoms in total. The largest absolute Gasteiger partial charge is 0.446 e. The second kappa shape index (κ2) is 8.27. The summed E-state index contributed by atoms with van der Waals surface area (Å²) in [6.45, 7) is 11.3. The number of rotatable bonds is 4. The number of hydrogen-bond acceptors (Lipinski definition) is 5. The van der Waals surface area contributed by atoms with Crippen LogP contribution in [0.25, 0.3) is 0 Å². The molecule has 3 atom stereocenters. The lowest BCUT2D eigenvalue weighted by atomic mass is 9.86. The predicted octanol–water partition coefficient (Wildman–Crippen LogP) is 2.57. The molecule has 150 valence electrons. The quantitative estimate of drug-likeness (QED) is 0.841. The molecule has 0 aliphatic carbocycles. The first-order valence-electron chi connectivity index (χ1n) is 9.47. The van der Waals surface area contributed by atoms with Crippen molar-refractivity contribution in [1.82, 2.24) is 0 Å². The highest BCUT2D eigenvalue weighted by atomic mass is 16.6. The van der Waals surface area contributed by atoms with Gasteiger partial charge in [0.25, 0.3) is 0 Å². The minimum atomic E-state index is -0.420. The Labute approximate surface area is 161 Å². The van der Waals surface area contributed by atoms with E-state index in [2.05, 4.69) is 0 Å². The Morgan fingerprint density at radius 2 is 1.70 bits per heavy atom. The molecule has 7 heteroatoms. The van der Waals surface area contributed by atoms with Crippen LogP contribution in [0.1, 0.15) is 53.0 Å². The van der Waals surface area contributed by atoms with E-state index in [0.29, 0.717) is 17.9 Å². The van der Waals surface area contributed by atoms with Gasteiger partial charge in [-0.1, -0.05) is 6.07 Å².